The van der Waals surface area contributed by atoms with E-state index in [0.717, 1.165) is 0 Å². The average molecular weight is 212 g/mol. The number of likely N-dealkylation sites (N-methyl/N-ethyl adjacent to an activating group) is 1. The van der Waals surface area contributed by atoms with Crippen LogP contribution in [-0.2, 0) is 0 Å². The van der Waals surface area contributed by atoms with Crippen LogP contribution in [0.15, 0.2) is 6.33 Å². The van der Waals surface area contributed by atoms with Crippen molar-refractivity contribution >= 4 is 11.5 Å². The van der Waals surface area contributed by atoms with Gasteiger partial charge in [0.25, 0.3) is 0 Å². The van der Waals surface area contributed by atoms with E-state index in [9.17, 15) is 0 Å². The Kier molecular flexibility index (Phi) is 4.11. The molecule has 0 aromatic carbocycles. The highest BCUT2D eigenvalue weighted by atomic mass is 16.5. The molecular weight excluding hydrogens is 196 g/mol. The van der Waals surface area contributed by atoms with Gasteiger partial charge in [0.05, 0.1) is 13.2 Å². The number of anilines is 2. The normalized spacial score (nSPS) is 10.1. The van der Waals surface area contributed by atoms with Gasteiger partial charge in [0.1, 0.15) is 12.0 Å². The summed E-state index contributed by atoms with van der Waals surface area (Å²) in [5.41, 5.74) is 6.23. The summed E-state index contributed by atoms with van der Waals surface area (Å²) in [6.45, 7) is 2.87. The maximum atomic E-state index is 8.80. The summed E-state index contributed by atoms with van der Waals surface area (Å²) in [6, 6.07) is 0. The van der Waals surface area contributed by atoms with E-state index >= 15 is 0 Å². The second-order valence-electron chi connectivity index (χ2n) is 2.99. The first-order valence-corrected chi connectivity index (χ1v) is 4.76. The van der Waals surface area contributed by atoms with Crippen molar-refractivity contribution in [2.45, 2.75) is 6.92 Å². The van der Waals surface area contributed by atoms with Gasteiger partial charge >= 0.3 is 0 Å². The minimum Gasteiger partial charge on any atom is -0.476 e. The molecular formula is C9H16N4O2. The van der Waals surface area contributed by atoms with Gasteiger partial charge in [-0.25, -0.2) is 4.98 Å². The van der Waals surface area contributed by atoms with Gasteiger partial charge in [0, 0.05) is 13.6 Å². The van der Waals surface area contributed by atoms with Crippen LogP contribution in [0, 0.1) is 0 Å². The Morgan fingerprint density at radius 3 is 2.87 bits per heavy atom. The number of aliphatic hydroxyl groups excluding tert-OH is 1. The number of aliphatic hydroxyl groups is 1. The minimum absolute atomic E-state index is 0.0455. The van der Waals surface area contributed by atoms with Gasteiger partial charge < -0.3 is 20.5 Å². The highest BCUT2D eigenvalue weighted by Gasteiger charge is 2.11. The van der Waals surface area contributed by atoms with Crippen molar-refractivity contribution in [3.63, 3.8) is 0 Å². The molecule has 0 atom stereocenters. The molecule has 0 fully saturated rings. The molecule has 0 aliphatic carbocycles. The Morgan fingerprint density at radius 1 is 1.53 bits per heavy atom. The highest BCUT2D eigenvalue weighted by molar-refractivity contribution is 5.67. The lowest BCUT2D eigenvalue weighted by molar-refractivity contribution is 0.303. The second-order valence-corrected chi connectivity index (χ2v) is 2.99. The average Bonchev–Trinajstić information content (AvgIpc) is 2.22. The van der Waals surface area contributed by atoms with Gasteiger partial charge in [-0.2, -0.15) is 4.98 Å². The fraction of sp³-hybridized carbons (Fsp3) is 0.556. The monoisotopic (exact) mass is 212 g/mol. The van der Waals surface area contributed by atoms with Crippen molar-refractivity contribution in [3.8, 4) is 5.88 Å². The zero-order chi connectivity index (χ0) is 11.3. The number of nitrogens with two attached hydrogens (primary N) is 1. The highest BCUT2D eigenvalue weighted by Crippen LogP contribution is 2.26. The number of hydrogen-bond donors (Lipinski definition) is 2. The molecule has 15 heavy (non-hydrogen) atoms. The SMILES string of the molecule is CCOc1ncnc(N(C)CCO)c1N. The number of nitrogens with zero attached hydrogens (tertiary/aromatic N) is 3. The molecule has 0 aliphatic rings. The molecule has 84 valence electrons. The predicted octanol–water partition coefficient (Wildman–Crippen LogP) is -0.114. The maximum absolute atomic E-state index is 8.80. The van der Waals surface area contributed by atoms with Crippen molar-refractivity contribution in [3.05, 3.63) is 6.33 Å². The van der Waals surface area contributed by atoms with Gasteiger partial charge in [-0.1, -0.05) is 0 Å². The van der Waals surface area contributed by atoms with E-state index in [2.05, 4.69) is 9.97 Å². The number of aromatic nitrogens is 2. The minimum atomic E-state index is 0.0455. The van der Waals surface area contributed by atoms with Crippen molar-refractivity contribution < 1.29 is 9.84 Å². The molecule has 1 aromatic heterocycles. The molecule has 1 heterocycles. The van der Waals surface area contributed by atoms with Crippen LogP contribution < -0.4 is 15.4 Å². The van der Waals surface area contributed by atoms with Crippen LogP contribution in [0.2, 0.25) is 0 Å². The summed E-state index contributed by atoms with van der Waals surface area (Å²) >= 11 is 0. The molecule has 1 aromatic rings. The molecule has 0 bridgehead atoms. The summed E-state index contributed by atoms with van der Waals surface area (Å²) in [6.07, 6.45) is 1.39. The summed E-state index contributed by atoms with van der Waals surface area (Å²) in [5.74, 6) is 0.954. The number of nitrogen functional groups attached to an aromatic ring is 1. The Labute approximate surface area is 88.7 Å². The predicted molar refractivity (Wildman–Crippen MR) is 58.0 cm³/mol. The third-order valence-corrected chi connectivity index (χ3v) is 1.90. The third kappa shape index (κ3) is 2.69. The van der Waals surface area contributed by atoms with Gasteiger partial charge in [-0.15, -0.1) is 0 Å². The van der Waals surface area contributed by atoms with Crippen molar-refractivity contribution in [1.82, 2.24) is 9.97 Å². The van der Waals surface area contributed by atoms with E-state index in [-0.39, 0.29) is 6.61 Å². The van der Waals surface area contributed by atoms with Crippen molar-refractivity contribution in [1.29, 1.82) is 0 Å². The largest absolute Gasteiger partial charge is 0.476 e. The molecule has 6 heteroatoms. The Balaban J connectivity index is 2.92. The van der Waals surface area contributed by atoms with Crippen molar-refractivity contribution in [2.24, 2.45) is 0 Å². The lowest BCUT2D eigenvalue weighted by atomic mass is 10.4. The lowest BCUT2D eigenvalue weighted by Gasteiger charge is -2.19. The fourth-order valence-corrected chi connectivity index (χ4v) is 1.18. The van der Waals surface area contributed by atoms with Crippen LogP contribution in [0.25, 0.3) is 0 Å². The topological polar surface area (TPSA) is 84.5 Å². The van der Waals surface area contributed by atoms with Gasteiger partial charge in [-0.05, 0) is 6.92 Å². The molecule has 0 spiro atoms. The van der Waals surface area contributed by atoms with Crippen LogP contribution in [0.5, 0.6) is 5.88 Å². The summed E-state index contributed by atoms with van der Waals surface area (Å²) in [5, 5.41) is 8.80. The maximum Gasteiger partial charge on any atom is 0.242 e. The molecule has 0 radical (unpaired) electrons. The molecule has 0 amide bonds. The zero-order valence-corrected chi connectivity index (χ0v) is 8.97. The van der Waals surface area contributed by atoms with Gasteiger partial charge in [0.2, 0.25) is 5.88 Å². The Bertz CT molecular complexity index is 319. The first-order valence-electron chi connectivity index (χ1n) is 4.76. The molecule has 1 rings (SSSR count). The van der Waals surface area contributed by atoms with Crippen LogP contribution >= 0.6 is 0 Å². The molecule has 0 unspecified atom stereocenters. The van der Waals surface area contributed by atoms with Crippen molar-refractivity contribution in [2.75, 3.05) is 37.4 Å². The lowest BCUT2D eigenvalue weighted by Crippen LogP contribution is -2.23. The van der Waals surface area contributed by atoms with Gasteiger partial charge in [-0.3, -0.25) is 0 Å². The first-order chi connectivity index (χ1) is 7.20. The van der Waals surface area contributed by atoms with Gasteiger partial charge in [0.15, 0.2) is 5.82 Å². The molecule has 0 saturated heterocycles. The first kappa shape index (κ1) is 11.5. The third-order valence-electron chi connectivity index (χ3n) is 1.90. The molecule has 3 N–H and O–H groups in total. The van der Waals surface area contributed by atoms with E-state index in [1.807, 2.05) is 6.92 Å². The summed E-state index contributed by atoms with van der Waals surface area (Å²) < 4.78 is 5.24. The van der Waals surface area contributed by atoms with E-state index in [1.54, 1.807) is 11.9 Å². The summed E-state index contributed by atoms with van der Waals surface area (Å²) in [4.78, 5) is 9.71. The van der Waals surface area contributed by atoms with E-state index in [1.165, 1.54) is 6.33 Å². The molecule has 0 aliphatic heterocycles. The number of rotatable bonds is 5. The Morgan fingerprint density at radius 2 is 2.27 bits per heavy atom. The van der Waals surface area contributed by atoms with E-state index in [0.29, 0.717) is 30.5 Å². The van der Waals surface area contributed by atoms with Crippen LogP contribution in [0.4, 0.5) is 11.5 Å². The smallest absolute Gasteiger partial charge is 0.242 e. The Hall–Kier alpha value is -1.56. The fourth-order valence-electron chi connectivity index (χ4n) is 1.18. The number of hydrogen-bond acceptors (Lipinski definition) is 6. The standard InChI is InChI=1S/C9H16N4O2/c1-3-15-9-7(10)8(11-6-12-9)13(2)4-5-14/h6,14H,3-5,10H2,1-2H3. The van der Waals surface area contributed by atoms with Crippen LogP contribution in [0.1, 0.15) is 6.92 Å². The summed E-state index contributed by atoms with van der Waals surface area (Å²) in [7, 11) is 1.80. The quantitative estimate of drug-likeness (QED) is 0.708. The molecule has 6 nitrogen and oxygen atoms in total. The molecule has 0 saturated carbocycles. The van der Waals surface area contributed by atoms with Crippen LogP contribution in [-0.4, -0.2) is 41.9 Å². The zero-order valence-electron chi connectivity index (χ0n) is 8.97. The van der Waals surface area contributed by atoms with E-state index < -0.39 is 0 Å². The van der Waals surface area contributed by atoms with E-state index in [4.69, 9.17) is 15.6 Å². The number of ether oxygens (including phenoxy) is 1. The van der Waals surface area contributed by atoms with Crippen LogP contribution in [0.3, 0.4) is 0 Å². The second kappa shape index (κ2) is 5.35.